The zero-order valence-electron chi connectivity index (χ0n) is 12.8. The average molecular weight is 315 g/mol. The molecule has 5 heteroatoms. The van der Waals surface area contributed by atoms with Crippen molar-refractivity contribution >= 4 is 22.3 Å². The van der Waals surface area contributed by atoms with Crippen molar-refractivity contribution in [2.75, 3.05) is 6.61 Å². The molecule has 22 heavy (non-hydrogen) atoms. The van der Waals surface area contributed by atoms with Gasteiger partial charge in [-0.3, -0.25) is 4.79 Å². The van der Waals surface area contributed by atoms with Gasteiger partial charge in [-0.1, -0.05) is 6.92 Å². The second kappa shape index (κ2) is 5.93. The Morgan fingerprint density at radius 2 is 2.14 bits per heavy atom. The third-order valence-corrected chi connectivity index (χ3v) is 4.27. The standard InChI is InChI=1S/C17H17NO3S/c1-4-7-20-15-6-5-12-16(19)13(8-21-17(12)10(15)2)14-9-22-11(3)18-14/h5-6,8-9H,4,7H2,1-3H3. The lowest BCUT2D eigenvalue weighted by Gasteiger charge is -2.10. The Balaban J connectivity index is 2.14. The molecule has 0 aliphatic heterocycles. The van der Waals surface area contributed by atoms with Crippen molar-refractivity contribution in [3.8, 4) is 17.0 Å². The molecule has 0 unspecified atom stereocenters. The van der Waals surface area contributed by atoms with Crippen LogP contribution >= 0.6 is 11.3 Å². The quantitative estimate of drug-likeness (QED) is 0.719. The molecule has 1 aromatic carbocycles. The third kappa shape index (κ3) is 2.52. The van der Waals surface area contributed by atoms with Gasteiger partial charge in [0.15, 0.2) is 0 Å². The van der Waals surface area contributed by atoms with Gasteiger partial charge in [0.05, 0.1) is 28.3 Å². The molecule has 2 aromatic heterocycles. The van der Waals surface area contributed by atoms with E-state index in [4.69, 9.17) is 9.15 Å². The van der Waals surface area contributed by atoms with Crippen LogP contribution in [0.4, 0.5) is 0 Å². The molecule has 0 saturated carbocycles. The van der Waals surface area contributed by atoms with E-state index >= 15 is 0 Å². The van der Waals surface area contributed by atoms with Gasteiger partial charge in [0, 0.05) is 10.9 Å². The van der Waals surface area contributed by atoms with E-state index < -0.39 is 0 Å². The van der Waals surface area contributed by atoms with Crippen LogP contribution in [0.15, 0.2) is 33.0 Å². The highest BCUT2D eigenvalue weighted by Gasteiger charge is 2.14. The smallest absolute Gasteiger partial charge is 0.202 e. The summed E-state index contributed by atoms with van der Waals surface area (Å²) < 4.78 is 11.4. The highest BCUT2D eigenvalue weighted by Crippen LogP contribution is 2.28. The van der Waals surface area contributed by atoms with E-state index in [1.165, 1.54) is 17.6 Å². The lowest BCUT2D eigenvalue weighted by atomic mass is 10.1. The molecule has 0 bridgehead atoms. The highest BCUT2D eigenvalue weighted by molar-refractivity contribution is 7.09. The van der Waals surface area contributed by atoms with Gasteiger partial charge in [-0.15, -0.1) is 11.3 Å². The van der Waals surface area contributed by atoms with E-state index in [0.29, 0.717) is 28.8 Å². The number of hydrogen-bond acceptors (Lipinski definition) is 5. The summed E-state index contributed by atoms with van der Waals surface area (Å²) in [6.45, 7) is 6.52. The van der Waals surface area contributed by atoms with E-state index in [2.05, 4.69) is 11.9 Å². The topological polar surface area (TPSA) is 52.3 Å². The Bertz CT molecular complexity index is 879. The molecular weight excluding hydrogens is 298 g/mol. The summed E-state index contributed by atoms with van der Waals surface area (Å²) in [4.78, 5) is 17.0. The Morgan fingerprint density at radius 3 is 2.82 bits per heavy atom. The minimum atomic E-state index is -0.0586. The molecule has 0 aliphatic rings. The lowest BCUT2D eigenvalue weighted by Crippen LogP contribution is -2.06. The first-order chi connectivity index (χ1) is 10.6. The van der Waals surface area contributed by atoms with Crippen molar-refractivity contribution in [3.05, 3.63) is 44.6 Å². The predicted octanol–water partition coefficient (Wildman–Crippen LogP) is 4.32. The fourth-order valence-corrected chi connectivity index (χ4v) is 2.97. The second-order valence-corrected chi connectivity index (χ2v) is 6.21. The van der Waals surface area contributed by atoms with Crippen molar-refractivity contribution in [1.82, 2.24) is 4.98 Å². The monoisotopic (exact) mass is 315 g/mol. The maximum absolute atomic E-state index is 12.7. The van der Waals surface area contributed by atoms with Gasteiger partial charge < -0.3 is 9.15 Å². The van der Waals surface area contributed by atoms with E-state index in [-0.39, 0.29) is 5.43 Å². The molecule has 0 radical (unpaired) electrons. The maximum atomic E-state index is 12.7. The highest BCUT2D eigenvalue weighted by atomic mass is 32.1. The summed E-state index contributed by atoms with van der Waals surface area (Å²) in [5.41, 5.74) is 2.54. The molecule has 0 fully saturated rings. The van der Waals surface area contributed by atoms with Gasteiger partial charge in [-0.05, 0) is 32.4 Å². The van der Waals surface area contributed by atoms with E-state index in [0.717, 1.165) is 22.7 Å². The predicted molar refractivity (Wildman–Crippen MR) is 88.9 cm³/mol. The Labute approximate surface area is 132 Å². The SMILES string of the molecule is CCCOc1ccc2c(=O)c(-c3csc(C)n3)coc2c1C. The summed E-state index contributed by atoms with van der Waals surface area (Å²) in [6.07, 6.45) is 2.43. The van der Waals surface area contributed by atoms with Crippen molar-refractivity contribution < 1.29 is 9.15 Å². The van der Waals surface area contributed by atoms with Gasteiger partial charge in [0.1, 0.15) is 17.6 Å². The van der Waals surface area contributed by atoms with Crippen LogP contribution in [-0.2, 0) is 0 Å². The first-order valence-corrected chi connectivity index (χ1v) is 8.10. The fourth-order valence-electron chi connectivity index (χ4n) is 2.35. The first kappa shape index (κ1) is 14.8. The summed E-state index contributed by atoms with van der Waals surface area (Å²) in [6, 6.07) is 3.60. The number of nitrogens with zero attached hydrogens (tertiary/aromatic N) is 1. The minimum absolute atomic E-state index is 0.0586. The van der Waals surface area contributed by atoms with E-state index in [1.807, 2.05) is 25.3 Å². The number of fused-ring (bicyclic) bond motifs is 1. The van der Waals surface area contributed by atoms with E-state index in [1.54, 1.807) is 6.07 Å². The maximum Gasteiger partial charge on any atom is 0.202 e. The first-order valence-electron chi connectivity index (χ1n) is 7.22. The molecule has 3 aromatic rings. The Kier molecular flexibility index (Phi) is 3.98. The van der Waals surface area contributed by atoms with Crippen molar-refractivity contribution in [2.24, 2.45) is 0 Å². The fraction of sp³-hybridized carbons (Fsp3) is 0.294. The molecule has 114 valence electrons. The summed E-state index contributed by atoms with van der Waals surface area (Å²) in [5.74, 6) is 0.759. The van der Waals surface area contributed by atoms with Gasteiger partial charge in [0.25, 0.3) is 0 Å². The second-order valence-electron chi connectivity index (χ2n) is 5.14. The van der Waals surface area contributed by atoms with Crippen LogP contribution in [0.1, 0.15) is 23.9 Å². The normalized spacial score (nSPS) is 11.0. The molecule has 0 amide bonds. The molecule has 0 aliphatic carbocycles. The van der Waals surface area contributed by atoms with Crippen LogP contribution in [-0.4, -0.2) is 11.6 Å². The number of thiazole rings is 1. The summed E-state index contributed by atoms with van der Waals surface area (Å²) in [5, 5.41) is 3.36. The van der Waals surface area contributed by atoms with Crippen LogP contribution in [0.3, 0.4) is 0 Å². The van der Waals surface area contributed by atoms with Crippen LogP contribution in [0, 0.1) is 13.8 Å². The van der Waals surface area contributed by atoms with Gasteiger partial charge in [-0.25, -0.2) is 4.98 Å². The van der Waals surface area contributed by atoms with Crippen molar-refractivity contribution in [3.63, 3.8) is 0 Å². The number of rotatable bonds is 4. The molecule has 0 spiro atoms. The molecule has 0 N–H and O–H groups in total. The molecule has 0 saturated heterocycles. The zero-order chi connectivity index (χ0) is 15.7. The molecule has 4 nitrogen and oxygen atoms in total. The van der Waals surface area contributed by atoms with Crippen molar-refractivity contribution in [2.45, 2.75) is 27.2 Å². The molecule has 0 atom stereocenters. The molecule has 2 heterocycles. The van der Waals surface area contributed by atoms with Gasteiger partial charge >= 0.3 is 0 Å². The Hall–Kier alpha value is -2.14. The van der Waals surface area contributed by atoms with Gasteiger partial charge in [0.2, 0.25) is 5.43 Å². The van der Waals surface area contributed by atoms with Crippen LogP contribution in [0.5, 0.6) is 5.75 Å². The number of benzene rings is 1. The third-order valence-electron chi connectivity index (χ3n) is 3.50. The van der Waals surface area contributed by atoms with E-state index in [9.17, 15) is 4.79 Å². The van der Waals surface area contributed by atoms with Crippen LogP contribution in [0.2, 0.25) is 0 Å². The summed E-state index contributed by atoms with van der Waals surface area (Å²) >= 11 is 1.52. The summed E-state index contributed by atoms with van der Waals surface area (Å²) in [7, 11) is 0. The van der Waals surface area contributed by atoms with Crippen molar-refractivity contribution in [1.29, 1.82) is 0 Å². The average Bonchev–Trinajstić information content (AvgIpc) is 2.93. The van der Waals surface area contributed by atoms with Crippen LogP contribution < -0.4 is 10.2 Å². The van der Waals surface area contributed by atoms with Gasteiger partial charge in [-0.2, -0.15) is 0 Å². The lowest BCUT2D eigenvalue weighted by molar-refractivity contribution is 0.315. The zero-order valence-corrected chi connectivity index (χ0v) is 13.6. The number of ether oxygens (including phenoxy) is 1. The van der Waals surface area contributed by atoms with Crippen LogP contribution in [0.25, 0.3) is 22.2 Å². The molecule has 3 rings (SSSR count). The molecular formula is C17H17NO3S. The number of hydrogen-bond donors (Lipinski definition) is 0. The number of aryl methyl sites for hydroxylation is 2. The largest absolute Gasteiger partial charge is 0.493 e. The number of aromatic nitrogens is 1. The Morgan fingerprint density at radius 1 is 1.32 bits per heavy atom. The minimum Gasteiger partial charge on any atom is -0.493 e.